The van der Waals surface area contributed by atoms with E-state index in [4.69, 9.17) is 9.84 Å². The van der Waals surface area contributed by atoms with Gasteiger partial charge in [-0.25, -0.2) is 8.78 Å². The van der Waals surface area contributed by atoms with Crippen LogP contribution in [-0.2, 0) is 4.79 Å². The Morgan fingerprint density at radius 2 is 1.65 bits per heavy atom. The van der Waals surface area contributed by atoms with Crippen LogP contribution in [0.4, 0.5) is 8.78 Å². The van der Waals surface area contributed by atoms with Crippen LogP contribution in [0.5, 0.6) is 5.75 Å². The lowest BCUT2D eigenvalue weighted by Crippen LogP contribution is -2.20. The normalized spacial score (nSPS) is 11.9. The van der Waals surface area contributed by atoms with Gasteiger partial charge < -0.3 is 9.84 Å². The second kappa shape index (κ2) is 6.14. The molecule has 2 rings (SSSR count). The molecule has 3 nitrogen and oxygen atoms in total. The first-order valence-electron chi connectivity index (χ1n) is 5.94. The fourth-order valence-corrected chi connectivity index (χ4v) is 1.79. The second-order valence-corrected chi connectivity index (χ2v) is 4.15. The Kier molecular flexibility index (Phi) is 4.30. The number of para-hydroxylation sites is 1. The predicted octanol–water partition coefficient (Wildman–Crippen LogP) is 3.21. The number of carboxylic acids is 1. The van der Waals surface area contributed by atoms with E-state index in [1.165, 1.54) is 42.5 Å². The number of carboxylic acid groups (broad SMARTS) is 1. The Hall–Kier alpha value is -2.43. The molecule has 20 heavy (non-hydrogen) atoms. The summed E-state index contributed by atoms with van der Waals surface area (Å²) >= 11 is 0. The van der Waals surface area contributed by atoms with Gasteiger partial charge >= 0.3 is 5.97 Å². The molecular weight excluding hydrogens is 266 g/mol. The number of benzene rings is 2. The van der Waals surface area contributed by atoms with Crippen LogP contribution >= 0.6 is 0 Å². The average Bonchev–Trinajstić information content (AvgIpc) is 2.42. The quantitative estimate of drug-likeness (QED) is 0.913. The number of carbonyl (C=O) groups is 1. The molecule has 0 saturated heterocycles. The Morgan fingerprint density at radius 1 is 1.05 bits per heavy atom. The molecule has 2 aromatic carbocycles. The van der Waals surface area contributed by atoms with E-state index in [0.717, 1.165) is 0 Å². The molecule has 1 unspecified atom stereocenters. The van der Waals surface area contributed by atoms with E-state index >= 15 is 0 Å². The molecule has 0 aliphatic carbocycles. The van der Waals surface area contributed by atoms with Crippen LogP contribution in [0, 0.1) is 11.6 Å². The molecule has 0 heterocycles. The lowest BCUT2D eigenvalue weighted by atomic mass is 10.00. The van der Waals surface area contributed by atoms with Gasteiger partial charge in [-0.2, -0.15) is 0 Å². The highest BCUT2D eigenvalue weighted by Crippen LogP contribution is 2.22. The lowest BCUT2D eigenvalue weighted by Gasteiger charge is -2.15. The Balaban J connectivity index is 2.18. The highest BCUT2D eigenvalue weighted by molar-refractivity contribution is 5.76. The molecule has 0 saturated carbocycles. The minimum absolute atomic E-state index is 0.0105. The van der Waals surface area contributed by atoms with Gasteiger partial charge in [-0.1, -0.05) is 30.3 Å². The number of aliphatic carboxylic acids is 1. The molecule has 0 radical (unpaired) electrons. The maximum atomic E-state index is 13.6. The molecule has 0 spiro atoms. The minimum atomic E-state index is -1.23. The third-order valence-corrected chi connectivity index (χ3v) is 2.82. The third kappa shape index (κ3) is 3.12. The van der Waals surface area contributed by atoms with Crippen molar-refractivity contribution in [1.82, 2.24) is 0 Å². The SMILES string of the molecule is O=C(O)C(COc1ccccc1F)c1ccccc1F. The summed E-state index contributed by atoms with van der Waals surface area (Å²) in [7, 11) is 0. The maximum Gasteiger partial charge on any atom is 0.314 e. The standard InChI is InChI=1S/C15H12F2O3/c16-12-6-2-1-5-10(12)11(15(18)19)9-20-14-8-4-3-7-13(14)17/h1-8,11H,9H2,(H,18,19). The monoisotopic (exact) mass is 278 g/mol. The first-order chi connectivity index (χ1) is 9.59. The molecule has 0 aliphatic rings. The van der Waals surface area contributed by atoms with Crippen molar-refractivity contribution in [1.29, 1.82) is 0 Å². The molecule has 1 atom stereocenters. The van der Waals surface area contributed by atoms with Gasteiger partial charge in [0.25, 0.3) is 0 Å². The highest BCUT2D eigenvalue weighted by atomic mass is 19.1. The number of ether oxygens (including phenoxy) is 1. The summed E-state index contributed by atoms with van der Waals surface area (Å²) in [6.07, 6.45) is 0. The molecule has 5 heteroatoms. The van der Waals surface area contributed by atoms with Crippen LogP contribution in [0.2, 0.25) is 0 Å². The smallest absolute Gasteiger partial charge is 0.314 e. The van der Waals surface area contributed by atoms with Gasteiger partial charge in [-0.3, -0.25) is 4.79 Å². The predicted molar refractivity (Wildman–Crippen MR) is 68.7 cm³/mol. The molecule has 0 aliphatic heterocycles. The van der Waals surface area contributed by atoms with Crippen LogP contribution in [0.15, 0.2) is 48.5 Å². The van der Waals surface area contributed by atoms with E-state index in [0.29, 0.717) is 0 Å². The first-order valence-corrected chi connectivity index (χ1v) is 5.94. The van der Waals surface area contributed by atoms with E-state index in [2.05, 4.69) is 0 Å². The zero-order chi connectivity index (χ0) is 14.5. The largest absolute Gasteiger partial charge is 0.489 e. The van der Waals surface area contributed by atoms with E-state index in [9.17, 15) is 13.6 Å². The van der Waals surface area contributed by atoms with Crippen molar-refractivity contribution in [2.24, 2.45) is 0 Å². The molecule has 0 aromatic heterocycles. The summed E-state index contributed by atoms with van der Waals surface area (Å²) in [5, 5.41) is 9.16. The Bertz CT molecular complexity index is 614. The molecule has 2 aromatic rings. The summed E-state index contributed by atoms with van der Waals surface area (Å²) in [5.41, 5.74) is 0.0105. The van der Waals surface area contributed by atoms with Crippen molar-refractivity contribution in [3.63, 3.8) is 0 Å². The van der Waals surface area contributed by atoms with Crippen molar-refractivity contribution in [3.05, 3.63) is 65.7 Å². The molecule has 0 fully saturated rings. The number of halogens is 2. The van der Waals surface area contributed by atoms with Gasteiger partial charge in [-0.05, 0) is 18.2 Å². The van der Waals surface area contributed by atoms with Crippen LogP contribution in [-0.4, -0.2) is 17.7 Å². The molecule has 0 amide bonds. The van der Waals surface area contributed by atoms with Gasteiger partial charge in [-0.15, -0.1) is 0 Å². The van der Waals surface area contributed by atoms with Gasteiger partial charge in [0.05, 0.1) is 0 Å². The lowest BCUT2D eigenvalue weighted by molar-refractivity contribution is -0.139. The highest BCUT2D eigenvalue weighted by Gasteiger charge is 2.24. The van der Waals surface area contributed by atoms with Crippen LogP contribution in [0.25, 0.3) is 0 Å². The van der Waals surface area contributed by atoms with Crippen LogP contribution < -0.4 is 4.74 Å². The molecule has 0 bridgehead atoms. The topological polar surface area (TPSA) is 46.5 Å². The fourth-order valence-electron chi connectivity index (χ4n) is 1.79. The summed E-state index contributed by atoms with van der Waals surface area (Å²) < 4.78 is 32.1. The third-order valence-electron chi connectivity index (χ3n) is 2.82. The summed E-state index contributed by atoms with van der Waals surface area (Å²) in [6, 6.07) is 11.2. The van der Waals surface area contributed by atoms with Crippen molar-refractivity contribution >= 4 is 5.97 Å². The zero-order valence-corrected chi connectivity index (χ0v) is 10.4. The van der Waals surface area contributed by atoms with E-state index in [1.54, 1.807) is 6.07 Å². The van der Waals surface area contributed by atoms with E-state index < -0.39 is 23.5 Å². The van der Waals surface area contributed by atoms with Crippen molar-refractivity contribution < 1.29 is 23.4 Å². The average molecular weight is 278 g/mol. The Labute approximate surface area is 114 Å². The van der Waals surface area contributed by atoms with Crippen molar-refractivity contribution in [2.45, 2.75) is 5.92 Å². The zero-order valence-electron chi connectivity index (χ0n) is 10.4. The van der Waals surface area contributed by atoms with Gasteiger partial charge in [0.2, 0.25) is 0 Å². The molecule has 104 valence electrons. The van der Waals surface area contributed by atoms with Gasteiger partial charge in [0, 0.05) is 5.56 Å². The van der Waals surface area contributed by atoms with Crippen molar-refractivity contribution in [2.75, 3.05) is 6.61 Å². The first kappa shape index (κ1) is 14.0. The number of hydrogen-bond donors (Lipinski definition) is 1. The fraction of sp³-hybridized carbons (Fsp3) is 0.133. The summed E-state index contributed by atoms with van der Waals surface area (Å²) in [6.45, 7) is -0.350. The summed E-state index contributed by atoms with van der Waals surface area (Å²) in [5.74, 6) is -3.71. The number of rotatable bonds is 5. The van der Waals surface area contributed by atoms with E-state index in [1.807, 2.05) is 0 Å². The van der Waals surface area contributed by atoms with Gasteiger partial charge in [0.1, 0.15) is 18.3 Å². The molecular formula is C15H12F2O3. The minimum Gasteiger partial charge on any atom is -0.489 e. The molecule has 1 N–H and O–H groups in total. The van der Waals surface area contributed by atoms with Crippen LogP contribution in [0.1, 0.15) is 11.5 Å². The van der Waals surface area contributed by atoms with Crippen LogP contribution in [0.3, 0.4) is 0 Å². The van der Waals surface area contributed by atoms with Crippen molar-refractivity contribution in [3.8, 4) is 5.75 Å². The Morgan fingerprint density at radius 3 is 2.25 bits per heavy atom. The summed E-state index contributed by atoms with van der Waals surface area (Å²) in [4.78, 5) is 11.2. The number of hydrogen-bond acceptors (Lipinski definition) is 2. The van der Waals surface area contributed by atoms with E-state index in [-0.39, 0.29) is 17.9 Å². The second-order valence-electron chi connectivity index (χ2n) is 4.15. The maximum absolute atomic E-state index is 13.6. The van der Waals surface area contributed by atoms with Gasteiger partial charge in [0.15, 0.2) is 11.6 Å².